The molecule has 11 nitrogen and oxygen atoms in total. The first-order valence-corrected chi connectivity index (χ1v) is 14.5. The van der Waals surface area contributed by atoms with E-state index in [2.05, 4.69) is 21.1 Å². The average Bonchev–Trinajstić information content (AvgIpc) is 3.68. The second-order valence-electron chi connectivity index (χ2n) is 12.0. The largest absolute Gasteiger partial charge is 0.469 e. The van der Waals surface area contributed by atoms with Crippen LogP contribution in [0.25, 0.3) is 5.65 Å². The third-order valence-electron chi connectivity index (χ3n) is 7.45. The number of carbonyl (C=O) groups excluding carboxylic acids is 1. The number of amides is 1. The van der Waals surface area contributed by atoms with Gasteiger partial charge in [-0.05, 0) is 71.1 Å². The minimum atomic E-state index is -0.531. The van der Waals surface area contributed by atoms with E-state index in [-0.39, 0.29) is 18.2 Å². The first-order chi connectivity index (χ1) is 20.1. The lowest BCUT2D eigenvalue weighted by Crippen LogP contribution is -2.42. The number of ether oxygens (including phenoxy) is 2. The molecule has 1 amide bonds. The van der Waals surface area contributed by atoms with E-state index in [1.165, 1.54) is 19.0 Å². The molecular formula is C31H38N8O3. The van der Waals surface area contributed by atoms with Crippen LogP contribution in [0.15, 0.2) is 52.8 Å². The summed E-state index contributed by atoms with van der Waals surface area (Å²) in [5.74, 6) is 6.98. The van der Waals surface area contributed by atoms with Crippen LogP contribution in [0, 0.1) is 17.2 Å². The topological polar surface area (TPSA) is 143 Å². The van der Waals surface area contributed by atoms with Gasteiger partial charge in [-0.1, -0.05) is 18.9 Å². The van der Waals surface area contributed by atoms with Crippen LogP contribution in [-0.2, 0) is 4.74 Å². The fourth-order valence-corrected chi connectivity index (χ4v) is 5.19. The van der Waals surface area contributed by atoms with E-state index < -0.39 is 5.60 Å². The van der Waals surface area contributed by atoms with Crippen molar-refractivity contribution >= 4 is 23.2 Å². The summed E-state index contributed by atoms with van der Waals surface area (Å²) in [6.45, 7) is 8.61. The van der Waals surface area contributed by atoms with E-state index in [4.69, 9.17) is 20.3 Å². The second kappa shape index (κ2) is 12.2. The predicted molar refractivity (Wildman–Crippen MR) is 160 cm³/mol. The van der Waals surface area contributed by atoms with Crippen LogP contribution in [0.2, 0.25) is 0 Å². The molecule has 4 heterocycles. The van der Waals surface area contributed by atoms with E-state index >= 15 is 0 Å². The highest BCUT2D eigenvalue weighted by Gasteiger charge is 2.30. The van der Waals surface area contributed by atoms with Gasteiger partial charge >= 0.3 is 6.09 Å². The molecule has 0 bridgehead atoms. The van der Waals surface area contributed by atoms with Crippen LogP contribution in [0.3, 0.4) is 0 Å². The number of likely N-dealkylation sites (tertiary alicyclic amines) is 1. The van der Waals surface area contributed by atoms with Gasteiger partial charge in [-0.2, -0.15) is 10.4 Å². The van der Waals surface area contributed by atoms with E-state index in [1.54, 1.807) is 15.5 Å². The van der Waals surface area contributed by atoms with Crippen LogP contribution >= 0.6 is 0 Å². The number of piperidine rings is 1. The maximum atomic E-state index is 12.5. The molecular weight excluding hydrogens is 532 g/mol. The molecule has 1 atom stereocenters. The smallest absolute Gasteiger partial charge is 0.410 e. The number of imidazole rings is 1. The van der Waals surface area contributed by atoms with Gasteiger partial charge in [-0.15, -0.1) is 0 Å². The summed E-state index contributed by atoms with van der Waals surface area (Å²) < 4.78 is 13.8. The van der Waals surface area contributed by atoms with Crippen molar-refractivity contribution in [3.63, 3.8) is 0 Å². The quantitative estimate of drug-likeness (QED) is 0.227. The Labute approximate surface area is 246 Å². The molecule has 2 aliphatic rings. The van der Waals surface area contributed by atoms with Gasteiger partial charge in [0.25, 0.3) is 0 Å². The Kier molecular flexibility index (Phi) is 8.43. The highest BCUT2D eigenvalue weighted by Crippen LogP contribution is 2.39. The van der Waals surface area contributed by atoms with Gasteiger partial charge in [-0.25, -0.2) is 9.78 Å². The lowest BCUT2D eigenvalue weighted by Gasteiger charge is -2.32. The first-order valence-electron chi connectivity index (χ1n) is 14.5. The molecule has 1 unspecified atom stereocenters. The van der Waals surface area contributed by atoms with Gasteiger partial charge in [0.05, 0.1) is 23.6 Å². The number of carbonyl (C=O) groups is 1. The van der Waals surface area contributed by atoms with Gasteiger partial charge in [0.1, 0.15) is 34.8 Å². The van der Waals surface area contributed by atoms with Crippen LogP contribution in [0.4, 0.5) is 4.79 Å². The molecule has 2 N–H and O–H groups in total. The molecule has 3 aromatic rings. The minimum Gasteiger partial charge on any atom is -0.469 e. The van der Waals surface area contributed by atoms with Gasteiger partial charge < -0.3 is 20.2 Å². The normalized spacial score (nSPS) is 17.6. The van der Waals surface area contributed by atoms with Crippen molar-refractivity contribution in [3.05, 3.63) is 59.7 Å². The van der Waals surface area contributed by atoms with Crippen LogP contribution in [0.1, 0.15) is 82.9 Å². The number of nitrogens with two attached hydrogens (primary N) is 1. The number of pyridine rings is 2. The Morgan fingerprint density at radius 2 is 1.95 bits per heavy atom. The van der Waals surface area contributed by atoms with Crippen molar-refractivity contribution in [1.29, 1.82) is 5.26 Å². The molecule has 1 saturated heterocycles. The number of hydrazone groups is 1. The summed E-state index contributed by atoms with van der Waals surface area (Å²) in [5.41, 5.74) is 3.09. The fraction of sp³-hybridized carbons (Fsp3) is 0.484. The van der Waals surface area contributed by atoms with Crippen molar-refractivity contribution < 1.29 is 14.3 Å². The molecule has 1 aliphatic heterocycles. The zero-order chi connectivity index (χ0) is 29.9. The molecule has 1 saturated carbocycles. The Hall–Kier alpha value is -4.46. The predicted octanol–water partition coefficient (Wildman–Crippen LogP) is 5.04. The van der Waals surface area contributed by atoms with Crippen LogP contribution < -0.4 is 10.6 Å². The third kappa shape index (κ3) is 6.87. The average molecular weight is 571 g/mol. The van der Waals surface area contributed by atoms with E-state index in [0.717, 1.165) is 12.1 Å². The van der Waals surface area contributed by atoms with Crippen molar-refractivity contribution in [1.82, 2.24) is 19.3 Å². The molecule has 3 aromatic heterocycles. The summed E-state index contributed by atoms with van der Waals surface area (Å²) in [5, 5.41) is 13.9. The standard InChI is InChI=1S/C31H38N8O3/c1-20(36-23-10-13-38(14-11-23)30(40)42-31(2,3)4)29(37-33)22-16-27-35-19-24(18-32)39(27)28(17-22)41-26(15-21-8-9-21)25-7-5-6-12-34-25/h5-7,12,16-17,19,21,23,26H,8-11,13-15,33H2,1-4H3/b36-20?,37-29+. The van der Waals surface area contributed by atoms with Crippen molar-refractivity contribution in [3.8, 4) is 11.9 Å². The summed E-state index contributed by atoms with van der Waals surface area (Å²) in [6.07, 6.45) is 7.31. The summed E-state index contributed by atoms with van der Waals surface area (Å²) in [4.78, 5) is 28.1. The highest BCUT2D eigenvalue weighted by atomic mass is 16.6. The lowest BCUT2D eigenvalue weighted by molar-refractivity contribution is 0.0207. The lowest BCUT2D eigenvalue weighted by atomic mass is 10.0. The maximum absolute atomic E-state index is 12.5. The number of rotatable bonds is 8. The van der Waals surface area contributed by atoms with Gasteiger partial charge in [0.15, 0.2) is 0 Å². The molecule has 5 rings (SSSR count). The van der Waals surface area contributed by atoms with E-state index in [0.29, 0.717) is 66.1 Å². The molecule has 42 heavy (non-hydrogen) atoms. The molecule has 0 aromatic carbocycles. The van der Waals surface area contributed by atoms with Crippen LogP contribution in [-0.4, -0.2) is 61.5 Å². The summed E-state index contributed by atoms with van der Waals surface area (Å²) in [7, 11) is 0. The zero-order valence-electron chi connectivity index (χ0n) is 24.7. The zero-order valence-corrected chi connectivity index (χ0v) is 24.7. The molecule has 11 heteroatoms. The number of fused-ring (bicyclic) bond motifs is 1. The molecule has 220 valence electrons. The van der Waals surface area contributed by atoms with Crippen molar-refractivity contribution in [2.24, 2.45) is 21.9 Å². The number of hydrogen-bond acceptors (Lipinski definition) is 9. The molecule has 1 aliphatic carbocycles. The van der Waals surface area contributed by atoms with E-state index in [1.807, 2.05) is 58.0 Å². The minimum absolute atomic E-state index is 0.0172. The van der Waals surface area contributed by atoms with Gasteiger partial charge in [0, 0.05) is 30.9 Å². The monoisotopic (exact) mass is 570 g/mol. The third-order valence-corrected chi connectivity index (χ3v) is 7.45. The Balaban J connectivity index is 1.40. The summed E-state index contributed by atoms with van der Waals surface area (Å²) >= 11 is 0. The molecule has 0 radical (unpaired) electrons. The number of nitrogens with zero attached hydrogens (tertiary/aromatic N) is 7. The maximum Gasteiger partial charge on any atom is 0.410 e. The first kappa shape index (κ1) is 29.0. The Bertz CT molecular complexity index is 1520. The second-order valence-corrected chi connectivity index (χ2v) is 12.0. The van der Waals surface area contributed by atoms with Crippen molar-refractivity contribution in [2.45, 2.75) is 77.5 Å². The SMILES string of the molecule is CC(=NC1CCN(C(=O)OC(C)(C)C)CC1)/C(=N\N)c1cc(OC(CC2CC2)c2ccccn2)n2c(C#N)cnc2c1. The van der Waals surface area contributed by atoms with Crippen molar-refractivity contribution in [2.75, 3.05) is 13.1 Å². The van der Waals surface area contributed by atoms with E-state index in [9.17, 15) is 10.1 Å². The number of aromatic nitrogens is 3. The number of nitriles is 1. The van der Waals surface area contributed by atoms with Gasteiger partial charge in [0.2, 0.25) is 5.88 Å². The Morgan fingerprint density at radius 1 is 1.19 bits per heavy atom. The van der Waals surface area contributed by atoms with Gasteiger partial charge in [-0.3, -0.25) is 14.4 Å². The molecule has 0 spiro atoms. The fourth-order valence-electron chi connectivity index (χ4n) is 5.19. The highest BCUT2D eigenvalue weighted by molar-refractivity contribution is 6.47. The molecule has 2 fully saturated rings. The van der Waals surface area contributed by atoms with Crippen LogP contribution in [0.5, 0.6) is 5.88 Å². The number of aliphatic imine (C=N–C) groups is 1. The summed E-state index contributed by atoms with van der Waals surface area (Å²) in [6, 6.07) is 11.7. The number of hydrogen-bond donors (Lipinski definition) is 1. The Morgan fingerprint density at radius 3 is 2.57 bits per heavy atom.